The van der Waals surface area contributed by atoms with Gasteiger partial charge in [0.25, 0.3) is 0 Å². The summed E-state index contributed by atoms with van der Waals surface area (Å²) < 4.78 is 4.80. The Kier molecular flexibility index (Phi) is 5.22. The Hall–Kier alpha value is -6.19. The van der Waals surface area contributed by atoms with Crippen LogP contribution in [-0.4, -0.2) is 14.0 Å². The van der Waals surface area contributed by atoms with Crippen LogP contribution in [-0.2, 0) is 0 Å². The highest BCUT2D eigenvalue weighted by Gasteiger charge is 2.33. The topological polar surface area (TPSA) is 22.2 Å². The summed E-state index contributed by atoms with van der Waals surface area (Å²) in [5, 5.41) is 6.17. The van der Waals surface area contributed by atoms with Crippen LogP contribution in [0.1, 0.15) is 23.6 Å². The predicted molar refractivity (Wildman–Crippen MR) is 200 cm³/mol. The second-order valence-electron chi connectivity index (χ2n) is 13.1. The van der Waals surface area contributed by atoms with Crippen LogP contribution < -0.4 is 0 Å². The minimum Gasteiger partial charge on any atom is -0.309 e. The van der Waals surface area contributed by atoms with E-state index in [1.54, 1.807) is 0 Å². The van der Waals surface area contributed by atoms with Gasteiger partial charge in [-0.15, -0.1) is 0 Å². The van der Waals surface area contributed by atoms with Gasteiger partial charge in [0.05, 0.1) is 27.9 Å². The normalized spacial score (nSPS) is 15.2. The minimum atomic E-state index is 0.343. The lowest BCUT2D eigenvalue weighted by molar-refractivity contribution is 0.861. The number of nitrogens with zero attached hydrogens (tertiary/aromatic N) is 3. The zero-order chi connectivity index (χ0) is 31.3. The molecule has 0 spiro atoms. The lowest BCUT2D eigenvalue weighted by Gasteiger charge is -2.29. The van der Waals surface area contributed by atoms with E-state index in [0.29, 0.717) is 5.92 Å². The van der Waals surface area contributed by atoms with Crippen molar-refractivity contribution in [3.8, 4) is 28.1 Å². The fourth-order valence-electron chi connectivity index (χ4n) is 8.52. The first-order valence-corrected chi connectivity index (χ1v) is 16.8. The summed E-state index contributed by atoms with van der Waals surface area (Å²) in [7, 11) is 0. The molecule has 1 atom stereocenters. The van der Waals surface area contributed by atoms with Gasteiger partial charge < -0.3 is 4.57 Å². The van der Waals surface area contributed by atoms with E-state index in [-0.39, 0.29) is 0 Å². The maximum Gasteiger partial charge on any atom is 0.146 e. The highest BCUT2D eigenvalue weighted by molar-refractivity contribution is 6.15. The van der Waals surface area contributed by atoms with Gasteiger partial charge >= 0.3 is 0 Å². The van der Waals surface area contributed by atoms with Crippen LogP contribution in [0.3, 0.4) is 0 Å². The van der Waals surface area contributed by atoms with Crippen molar-refractivity contribution in [2.24, 2.45) is 0 Å². The zero-order valence-corrected chi connectivity index (χ0v) is 26.1. The molecule has 0 bridgehead atoms. The standard InChI is InChI=1S/C45H29N3/c1-2-12-30(13-3-1)47-40-20-10-9-17-34(40)39-27-29(23-25-42(39)47)28-22-24-37-38(26-28)33-16-8-11-21-41(33)48-44-36-19-7-5-15-32(36)31-14-4-6-18-35(31)43(44)46-45(37)48/h1-13,15-27,31H,14H2. The molecule has 3 heteroatoms. The van der Waals surface area contributed by atoms with Crippen LogP contribution in [0.4, 0.5) is 0 Å². The molecule has 0 saturated carbocycles. The van der Waals surface area contributed by atoms with Gasteiger partial charge in [0.15, 0.2) is 0 Å². The highest BCUT2D eigenvalue weighted by atomic mass is 15.0. The van der Waals surface area contributed by atoms with E-state index in [2.05, 4.69) is 167 Å². The Bertz CT molecular complexity index is 2860. The smallest absolute Gasteiger partial charge is 0.146 e. The molecule has 3 aromatic heterocycles. The maximum absolute atomic E-state index is 5.48. The summed E-state index contributed by atoms with van der Waals surface area (Å²) in [4.78, 5) is 5.48. The molecule has 0 N–H and O–H groups in total. The zero-order valence-electron chi connectivity index (χ0n) is 26.1. The molecular weight excluding hydrogens is 583 g/mol. The van der Waals surface area contributed by atoms with Crippen molar-refractivity contribution >= 4 is 54.7 Å². The van der Waals surface area contributed by atoms with Gasteiger partial charge in [-0.2, -0.15) is 0 Å². The molecular formula is C45H29N3. The summed E-state index contributed by atoms with van der Waals surface area (Å²) in [6, 6.07) is 51.0. The first-order chi connectivity index (χ1) is 23.8. The van der Waals surface area contributed by atoms with Gasteiger partial charge in [0, 0.05) is 38.7 Å². The molecule has 11 rings (SSSR count). The van der Waals surface area contributed by atoms with Crippen LogP contribution in [0.2, 0.25) is 0 Å². The van der Waals surface area contributed by atoms with Crippen LogP contribution in [0, 0.1) is 0 Å². The van der Waals surface area contributed by atoms with Crippen molar-refractivity contribution in [1.29, 1.82) is 0 Å². The summed E-state index contributed by atoms with van der Waals surface area (Å²) in [6.45, 7) is 0. The van der Waals surface area contributed by atoms with E-state index in [9.17, 15) is 0 Å². The Labute approximate surface area is 277 Å². The SMILES string of the molecule is C1=CCC2C(=C1)c1nc3c4ccc(-c5ccc6c(c5)c5ccccc5n6-c5ccccc5)cc4c4ccccc4n3c1-c1ccccc12. The van der Waals surface area contributed by atoms with E-state index in [1.165, 1.54) is 82.7 Å². The average molecular weight is 612 g/mol. The van der Waals surface area contributed by atoms with Gasteiger partial charge in [-0.05, 0) is 82.6 Å². The van der Waals surface area contributed by atoms with E-state index in [0.717, 1.165) is 17.8 Å². The Morgan fingerprint density at radius 1 is 0.562 bits per heavy atom. The Balaban J connectivity index is 1.17. The van der Waals surface area contributed by atoms with Crippen molar-refractivity contribution in [1.82, 2.24) is 14.0 Å². The van der Waals surface area contributed by atoms with E-state index in [1.807, 2.05) is 0 Å². The lowest BCUT2D eigenvalue weighted by atomic mass is 9.76. The van der Waals surface area contributed by atoms with Crippen molar-refractivity contribution in [2.75, 3.05) is 0 Å². The van der Waals surface area contributed by atoms with E-state index >= 15 is 0 Å². The van der Waals surface area contributed by atoms with Crippen molar-refractivity contribution in [3.63, 3.8) is 0 Å². The van der Waals surface area contributed by atoms with Crippen LogP contribution in [0.15, 0.2) is 158 Å². The second-order valence-corrected chi connectivity index (χ2v) is 13.1. The Morgan fingerprint density at radius 3 is 2.12 bits per heavy atom. The van der Waals surface area contributed by atoms with Crippen molar-refractivity contribution in [2.45, 2.75) is 12.3 Å². The van der Waals surface area contributed by atoms with E-state index in [4.69, 9.17) is 4.98 Å². The first-order valence-electron chi connectivity index (χ1n) is 16.8. The van der Waals surface area contributed by atoms with Crippen molar-refractivity contribution < 1.29 is 0 Å². The minimum absolute atomic E-state index is 0.343. The Morgan fingerprint density at radius 2 is 1.25 bits per heavy atom. The van der Waals surface area contributed by atoms with Crippen LogP contribution >= 0.6 is 0 Å². The van der Waals surface area contributed by atoms with Gasteiger partial charge in [-0.25, -0.2) is 4.98 Å². The molecule has 0 aliphatic heterocycles. The van der Waals surface area contributed by atoms with Gasteiger partial charge in [0.2, 0.25) is 0 Å². The molecule has 3 heterocycles. The van der Waals surface area contributed by atoms with Crippen LogP contribution in [0.25, 0.3) is 82.8 Å². The number of benzene rings is 6. The second kappa shape index (κ2) is 9.66. The fourth-order valence-corrected chi connectivity index (χ4v) is 8.52. The van der Waals surface area contributed by atoms with Gasteiger partial charge in [-0.3, -0.25) is 4.40 Å². The number of fused-ring (bicyclic) bond motifs is 16. The molecule has 2 aliphatic rings. The molecule has 3 nitrogen and oxygen atoms in total. The lowest BCUT2D eigenvalue weighted by Crippen LogP contribution is -2.12. The molecule has 2 aliphatic carbocycles. The predicted octanol–water partition coefficient (Wildman–Crippen LogP) is 11.5. The highest BCUT2D eigenvalue weighted by Crippen LogP contribution is 2.50. The molecule has 224 valence electrons. The monoisotopic (exact) mass is 611 g/mol. The van der Waals surface area contributed by atoms with Crippen LogP contribution in [0.5, 0.6) is 0 Å². The van der Waals surface area contributed by atoms with Gasteiger partial charge in [-0.1, -0.05) is 109 Å². The first kappa shape index (κ1) is 25.9. The quantitative estimate of drug-likeness (QED) is 0.178. The number of para-hydroxylation sites is 3. The number of hydrogen-bond donors (Lipinski definition) is 0. The number of allylic oxidation sites excluding steroid dienone is 4. The molecule has 0 amide bonds. The molecule has 0 saturated heterocycles. The van der Waals surface area contributed by atoms with E-state index < -0.39 is 0 Å². The number of rotatable bonds is 2. The average Bonchev–Trinajstić information content (AvgIpc) is 3.73. The third-order valence-electron chi connectivity index (χ3n) is 10.6. The number of aromatic nitrogens is 3. The third kappa shape index (κ3) is 3.45. The number of pyridine rings is 1. The molecule has 48 heavy (non-hydrogen) atoms. The summed E-state index contributed by atoms with van der Waals surface area (Å²) in [6.07, 6.45) is 7.77. The fraction of sp³-hybridized carbons (Fsp3) is 0.0444. The largest absolute Gasteiger partial charge is 0.309 e. The molecule has 0 radical (unpaired) electrons. The molecule has 0 fully saturated rings. The third-order valence-corrected chi connectivity index (χ3v) is 10.6. The number of imidazole rings is 1. The molecule has 6 aromatic carbocycles. The maximum atomic E-state index is 5.48. The van der Waals surface area contributed by atoms with Gasteiger partial charge in [0.1, 0.15) is 5.65 Å². The summed E-state index contributed by atoms with van der Waals surface area (Å²) in [5.74, 6) is 0.343. The number of hydrogen-bond acceptors (Lipinski definition) is 1. The summed E-state index contributed by atoms with van der Waals surface area (Å²) in [5.41, 5.74) is 14.6. The summed E-state index contributed by atoms with van der Waals surface area (Å²) >= 11 is 0. The molecule has 9 aromatic rings. The van der Waals surface area contributed by atoms with Crippen molar-refractivity contribution in [3.05, 3.63) is 169 Å². The molecule has 1 unspecified atom stereocenters.